The molecule has 3 aromatic rings. The van der Waals surface area contributed by atoms with Crippen molar-refractivity contribution in [1.82, 2.24) is 4.98 Å². The normalized spacial score (nSPS) is 18.1. The topological polar surface area (TPSA) is 57.7 Å². The molecule has 0 saturated heterocycles. The van der Waals surface area contributed by atoms with E-state index in [4.69, 9.17) is 25.8 Å². The highest BCUT2D eigenvalue weighted by Crippen LogP contribution is 2.38. The van der Waals surface area contributed by atoms with Gasteiger partial charge in [0.05, 0.1) is 47.5 Å². The van der Waals surface area contributed by atoms with Gasteiger partial charge in [0.2, 0.25) is 0 Å². The van der Waals surface area contributed by atoms with Gasteiger partial charge in [-0.1, -0.05) is 23.7 Å². The average molecular weight is 480 g/mol. The lowest BCUT2D eigenvalue weighted by molar-refractivity contribution is -0.155. The van der Waals surface area contributed by atoms with Crippen molar-refractivity contribution in [2.75, 3.05) is 20.3 Å². The molecule has 1 heterocycles. The fourth-order valence-electron chi connectivity index (χ4n) is 3.75. The SMILES string of the molecule is COC(=O)C1CC(OCCOc2ccc(-c3cc(C(F)(F)F)c4cccc(Cl)c4n3)cc2)C1. The minimum atomic E-state index is -4.54. The summed E-state index contributed by atoms with van der Waals surface area (Å²) in [6.07, 6.45) is -3.23. The van der Waals surface area contributed by atoms with Gasteiger partial charge >= 0.3 is 12.1 Å². The number of halogens is 4. The molecule has 0 bridgehead atoms. The molecule has 1 saturated carbocycles. The first kappa shape index (κ1) is 23.3. The van der Waals surface area contributed by atoms with Crippen LogP contribution in [0.4, 0.5) is 13.2 Å². The predicted octanol–water partition coefficient (Wildman–Crippen LogP) is 5.92. The van der Waals surface area contributed by atoms with Gasteiger partial charge < -0.3 is 14.2 Å². The summed E-state index contributed by atoms with van der Waals surface area (Å²) in [5, 5.41) is 0.118. The summed E-state index contributed by atoms with van der Waals surface area (Å²) in [6.45, 7) is 0.667. The van der Waals surface area contributed by atoms with E-state index in [0.29, 0.717) is 37.4 Å². The number of aromatic nitrogens is 1. The number of fused-ring (bicyclic) bond motifs is 1. The number of hydrogen-bond acceptors (Lipinski definition) is 5. The van der Waals surface area contributed by atoms with Crippen molar-refractivity contribution in [2.45, 2.75) is 25.1 Å². The van der Waals surface area contributed by atoms with Gasteiger partial charge in [-0.2, -0.15) is 13.2 Å². The van der Waals surface area contributed by atoms with Crippen molar-refractivity contribution >= 4 is 28.5 Å². The molecule has 0 spiro atoms. The molecular formula is C24H21ClF3NO4. The first-order valence-electron chi connectivity index (χ1n) is 10.4. The van der Waals surface area contributed by atoms with Crippen LogP contribution in [-0.2, 0) is 20.4 Å². The maximum Gasteiger partial charge on any atom is 0.417 e. The lowest BCUT2D eigenvalue weighted by Crippen LogP contribution is -2.37. The monoisotopic (exact) mass is 479 g/mol. The molecule has 0 N–H and O–H groups in total. The molecule has 2 aromatic carbocycles. The zero-order valence-corrected chi connectivity index (χ0v) is 18.4. The summed E-state index contributed by atoms with van der Waals surface area (Å²) in [7, 11) is 1.37. The molecule has 4 rings (SSSR count). The van der Waals surface area contributed by atoms with Crippen molar-refractivity contribution in [1.29, 1.82) is 0 Å². The third-order valence-electron chi connectivity index (χ3n) is 5.58. The number of para-hydroxylation sites is 1. The smallest absolute Gasteiger partial charge is 0.417 e. The van der Waals surface area contributed by atoms with E-state index in [1.807, 2.05) is 0 Å². The minimum absolute atomic E-state index is 0.0220. The molecule has 9 heteroatoms. The van der Waals surface area contributed by atoms with Gasteiger partial charge in [-0.3, -0.25) is 4.79 Å². The Morgan fingerprint density at radius 2 is 1.85 bits per heavy atom. The predicted molar refractivity (Wildman–Crippen MR) is 117 cm³/mol. The van der Waals surface area contributed by atoms with Crippen molar-refractivity contribution < 1.29 is 32.2 Å². The second-order valence-electron chi connectivity index (χ2n) is 7.75. The van der Waals surface area contributed by atoms with E-state index in [-0.39, 0.29) is 39.6 Å². The Balaban J connectivity index is 1.39. The Morgan fingerprint density at radius 1 is 1.12 bits per heavy atom. The summed E-state index contributed by atoms with van der Waals surface area (Å²) in [5.74, 6) is 0.250. The number of methoxy groups -OCH3 is 1. The number of esters is 1. The third kappa shape index (κ3) is 5.23. The molecule has 174 valence electrons. The molecular weight excluding hydrogens is 459 g/mol. The molecule has 1 aromatic heterocycles. The number of alkyl halides is 3. The molecule has 0 atom stereocenters. The van der Waals surface area contributed by atoms with E-state index in [1.165, 1.54) is 25.3 Å². The first-order chi connectivity index (χ1) is 15.8. The molecule has 1 aliphatic carbocycles. The van der Waals surface area contributed by atoms with E-state index in [0.717, 1.165) is 6.07 Å². The van der Waals surface area contributed by atoms with E-state index < -0.39 is 11.7 Å². The van der Waals surface area contributed by atoms with Crippen LogP contribution in [0.25, 0.3) is 22.2 Å². The Bertz CT molecular complexity index is 1140. The van der Waals surface area contributed by atoms with Gasteiger partial charge in [0.1, 0.15) is 12.4 Å². The van der Waals surface area contributed by atoms with Crippen LogP contribution in [0.15, 0.2) is 48.5 Å². The number of nitrogens with zero attached hydrogens (tertiary/aromatic N) is 1. The standard InChI is InChI=1S/C24H21ClF3NO4/c1-31-23(30)15-11-17(12-15)33-10-9-32-16-7-5-14(6-8-16)21-13-19(24(26,27)28)18-3-2-4-20(25)22(18)29-21/h2-8,13,15,17H,9-12H2,1H3. The Hall–Kier alpha value is -2.84. The number of ether oxygens (including phenoxy) is 3. The van der Waals surface area contributed by atoms with Crippen LogP contribution in [0.3, 0.4) is 0 Å². The van der Waals surface area contributed by atoms with Crippen molar-refractivity contribution in [3.05, 3.63) is 59.1 Å². The van der Waals surface area contributed by atoms with Crippen LogP contribution in [0, 0.1) is 5.92 Å². The summed E-state index contributed by atoms with van der Waals surface area (Å²) in [5.41, 5.74) is -0.00278. The van der Waals surface area contributed by atoms with E-state index in [1.54, 1.807) is 24.3 Å². The number of rotatable bonds is 7. The van der Waals surface area contributed by atoms with Gasteiger partial charge in [0, 0.05) is 10.9 Å². The summed E-state index contributed by atoms with van der Waals surface area (Å²) < 4.78 is 56.9. The van der Waals surface area contributed by atoms with Crippen molar-refractivity contribution in [2.24, 2.45) is 5.92 Å². The maximum atomic E-state index is 13.6. The molecule has 5 nitrogen and oxygen atoms in total. The number of pyridine rings is 1. The molecule has 0 amide bonds. The highest BCUT2D eigenvalue weighted by molar-refractivity contribution is 6.35. The van der Waals surface area contributed by atoms with Crippen LogP contribution < -0.4 is 4.74 Å². The minimum Gasteiger partial charge on any atom is -0.491 e. The van der Waals surface area contributed by atoms with Crippen molar-refractivity contribution in [3.8, 4) is 17.0 Å². The summed E-state index contributed by atoms with van der Waals surface area (Å²) >= 11 is 6.12. The van der Waals surface area contributed by atoms with Crippen molar-refractivity contribution in [3.63, 3.8) is 0 Å². The summed E-state index contributed by atoms with van der Waals surface area (Å²) in [6, 6.07) is 12.0. The lowest BCUT2D eigenvalue weighted by atomic mass is 9.82. The lowest BCUT2D eigenvalue weighted by Gasteiger charge is -2.32. The van der Waals surface area contributed by atoms with Gasteiger partial charge in [0.15, 0.2) is 0 Å². The third-order valence-corrected chi connectivity index (χ3v) is 5.89. The number of benzene rings is 2. The number of carbonyl (C=O) groups excluding carboxylic acids is 1. The molecule has 33 heavy (non-hydrogen) atoms. The van der Waals surface area contributed by atoms with Gasteiger partial charge in [-0.25, -0.2) is 4.98 Å². The second-order valence-corrected chi connectivity index (χ2v) is 8.15. The molecule has 0 aliphatic heterocycles. The maximum absolute atomic E-state index is 13.6. The zero-order valence-electron chi connectivity index (χ0n) is 17.7. The van der Waals surface area contributed by atoms with Crippen LogP contribution in [0.1, 0.15) is 18.4 Å². The van der Waals surface area contributed by atoms with Crippen LogP contribution in [0.2, 0.25) is 5.02 Å². The molecule has 0 radical (unpaired) electrons. The van der Waals surface area contributed by atoms with Gasteiger partial charge in [-0.05, 0) is 49.2 Å². The summed E-state index contributed by atoms with van der Waals surface area (Å²) in [4.78, 5) is 15.7. The number of hydrogen-bond donors (Lipinski definition) is 0. The Morgan fingerprint density at radius 3 is 2.52 bits per heavy atom. The zero-order chi connectivity index (χ0) is 23.6. The average Bonchev–Trinajstić information content (AvgIpc) is 2.76. The largest absolute Gasteiger partial charge is 0.491 e. The van der Waals surface area contributed by atoms with Gasteiger partial charge in [0.25, 0.3) is 0 Å². The highest BCUT2D eigenvalue weighted by Gasteiger charge is 2.36. The Labute approximate surface area is 193 Å². The van der Waals surface area contributed by atoms with Gasteiger partial charge in [-0.15, -0.1) is 0 Å². The molecule has 1 fully saturated rings. The second kappa shape index (κ2) is 9.57. The van der Waals surface area contributed by atoms with Crippen LogP contribution in [-0.4, -0.2) is 37.4 Å². The highest BCUT2D eigenvalue weighted by atomic mass is 35.5. The van der Waals surface area contributed by atoms with Crippen LogP contribution >= 0.6 is 11.6 Å². The quantitative estimate of drug-likeness (QED) is 0.311. The van der Waals surface area contributed by atoms with Crippen LogP contribution in [0.5, 0.6) is 5.75 Å². The fraction of sp³-hybridized carbons (Fsp3) is 0.333. The van der Waals surface area contributed by atoms with E-state index >= 15 is 0 Å². The van der Waals surface area contributed by atoms with E-state index in [9.17, 15) is 18.0 Å². The number of carbonyl (C=O) groups is 1. The fourth-order valence-corrected chi connectivity index (χ4v) is 3.97. The Kier molecular flexibility index (Phi) is 6.76. The van der Waals surface area contributed by atoms with E-state index in [2.05, 4.69) is 4.98 Å². The molecule has 0 unspecified atom stereocenters. The first-order valence-corrected chi connectivity index (χ1v) is 10.7. The molecule has 1 aliphatic rings.